The molecule has 0 aromatic carbocycles. The number of hydroxylamine groups is 2. The standard InChI is InChI=1S/C20H29NO11/c1-11(16(25)30-19(2,3)4)28-17(26)12(29-18(27)31-20(5,6)7)10-15(24)32-21-13(22)8-9-14(21)23/h11-12H,8-10H2,1-7H3/t11-,12-/m0/s1. The molecule has 1 aliphatic heterocycles. The lowest BCUT2D eigenvalue weighted by Gasteiger charge is -2.24. The van der Waals surface area contributed by atoms with Crippen molar-refractivity contribution in [3.8, 4) is 0 Å². The van der Waals surface area contributed by atoms with Gasteiger partial charge in [-0.15, -0.1) is 5.06 Å². The van der Waals surface area contributed by atoms with Crippen LogP contribution in [-0.2, 0) is 47.8 Å². The molecule has 0 spiro atoms. The minimum atomic E-state index is -1.88. The van der Waals surface area contributed by atoms with Crippen LogP contribution in [0.4, 0.5) is 4.79 Å². The lowest BCUT2D eigenvalue weighted by atomic mass is 10.2. The Balaban J connectivity index is 2.88. The molecule has 180 valence electrons. The van der Waals surface area contributed by atoms with Gasteiger partial charge in [0.05, 0.1) is 6.42 Å². The van der Waals surface area contributed by atoms with Crippen LogP contribution in [0.25, 0.3) is 0 Å². The molecule has 1 rings (SSSR count). The Morgan fingerprint density at radius 1 is 0.844 bits per heavy atom. The Bertz CT molecular complexity index is 759. The molecule has 0 N–H and O–H groups in total. The fraction of sp³-hybridized carbons (Fsp3) is 0.700. The summed E-state index contributed by atoms with van der Waals surface area (Å²) in [7, 11) is 0. The summed E-state index contributed by atoms with van der Waals surface area (Å²) in [5, 5.41) is 0.279. The van der Waals surface area contributed by atoms with Crippen molar-refractivity contribution in [1.82, 2.24) is 5.06 Å². The van der Waals surface area contributed by atoms with Crippen LogP contribution in [0.15, 0.2) is 0 Å². The van der Waals surface area contributed by atoms with Crippen LogP contribution in [-0.4, -0.2) is 64.4 Å². The maximum Gasteiger partial charge on any atom is 0.509 e. The number of hydrogen-bond donors (Lipinski definition) is 0. The highest BCUT2D eigenvalue weighted by atomic mass is 16.8. The van der Waals surface area contributed by atoms with Gasteiger partial charge in [0, 0.05) is 12.8 Å². The second kappa shape index (κ2) is 10.4. The van der Waals surface area contributed by atoms with E-state index in [1.807, 2.05) is 0 Å². The van der Waals surface area contributed by atoms with E-state index in [2.05, 4.69) is 4.84 Å². The second-order valence-electron chi connectivity index (χ2n) is 8.93. The Morgan fingerprint density at radius 3 is 1.81 bits per heavy atom. The van der Waals surface area contributed by atoms with Crippen LogP contribution in [0.2, 0.25) is 0 Å². The third kappa shape index (κ3) is 9.31. The normalized spacial score (nSPS) is 16.2. The van der Waals surface area contributed by atoms with Crippen molar-refractivity contribution < 1.29 is 52.6 Å². The summed E-state index contributed by atoms with van der Waals surface area (Å²) in [5.41, 5.74) is -1.81. The van der Waals surface area contributed by atoms with E-state index in [1.165, 1.54) is 6.92 Å². The summed E-state index contributed by atoms with van der Waals surface area (Å²) in [6.07, 6.45) is -5.71. The maximum absolute atomic E-state index is 12.5. The predicted molar refractivity (Wildman–Crippen MR) is 104 cm³/mol. The van der Waals surface area contributed by atoms with Crippen LogP contribution in [0.1, 0.15) is 67.7 Å². The predicted octanol–water partition coefficient (Wildman–Crippen LogP) is 1.58. The molecule has 2 atom stereocenters. The van der Waals surface area contributed by atoms with E-state index in [9.17, 15) is 28.8 Å². The van der Waals surface area contributed by atoms with Crippen molar-refractivity contribution >= 4 is 35.9 Å². The molecule has 1 saturated heterocycles. The summed E-state index contributed by atoms with van der Waals surface area (Å²) in [5.74, 6) is -4.80. The molecule has 32 heavy (non-hydrogen) atoms. The van der Waals surface area contributed by atoms with E-state index >= 15 is 0 Å². The van der Waals surface area contributed by atoms with Crippen molar-refractivity contribution in [3.63, 3.8) is 0 Å². The average molecular weight is 459 g/mol. The highest BCUT2D eigenvalue weighted by Gasteiger charge is 2.37. The summed E-state index contributed by atoms with van der Waals surface area (Å²) in [6.45, 7) is 10.7. The van der Waals surface area contributed by atoms with Gasteiger partial charge < -0.3 is 23.8 Å². The first-order valence-electron chi connectivity index (χ1n) is 9.88. The molecule has 0 aromatic rings. The van der Waals surface area contributed by atoms with E-state index in [-0.39, 0.29) is 17.9 Å². The zero-order valence-corrected chi connectivity index (χ0v) is 19.2. The quantitative estimate of drug-likeness (QED) is 0.310. The van der Waals surface area contributed by atoms with Gasteiger partial charge in [-0.05, 0) is 48.5 Å². The van der Waals surface area contributed by atoms with Crippen molar-refractivity contribution in [2.45, 2.75) is 91.1 Å². The number of carbonyl (C=O) groups excluding carboxylic acids is 6. The van der Waals surface area contributed by atoms with E-state index < -0.39 is 65.7 Å². The van der Waals surface area contributed by atoms with Crippen molar-refractivity contribution in [1.29, 1.82) is 0 Å². The smallest absolute Gasteiger partial charge is 0.457 e. The Kier molecular flexibility index (Phi) is 8.75. The number of ether oxygens (including phenoxy) is 4. The number of esters is 2. The van der Waals surface area contributed by atoms with E-state index in [0.29, 0.717) is 0 Å². The minimum absolute atomic E-state index is 0.126. The van der Waals surface area contributed by atoms with Gasteiger partial charge in [0.2, 0.25) is 6.10 Å². The van der Waals surface area contributed by atoms with Crippen LogP contribution in [0, 0.1) is 0 Å². The number of nitrogens with zero attached hydrogens (tertiary/aromatic N) is 1. The van der Waals surface area contributed by atoms with Gasteiger partial charge in [-0.25, -0.2) is 19.2 Å². The summed E-state index contributed by atoms with van der Waals surface area (Å²) >= 11 is 0. The number of hydrogen-bond acceptors (Lipinski definition) is 11. The van der Waals surface area contributed by atoms with E-state index in [4.69, 9.17) is 18.9 Å². The molecule has 0 unspecified atom stereocenters. The third-order valence-corrected chi connectivity index (χ3v) is 3.47. The molecule has 12 nitrogen and oxygen atoms in total. The van der Waals surface area contributed by atoms with Gasteiger partial charge in [0.1, 0.15) is 11.2 Å². The minimum Gasteiger partial charge on any atom is -0.457 e. The molecule has 1 aliphatic rings. The summed E-state index contributed by atoms with van der Waals surface area (Å²) in [6, 6.07) is 0. The fourth-order valence-corrected chi connectivity index (χ4v) is 2.19. The highest BCUT2D eigenvalue weighted by Crippen LogP contribution is 2.17. The fourth-order valence-electron chi connectivity index (χ4n) is 2.19. The van der Waals surface area contributed by atoms with Gasteiger partial charge in [0.15, 0.2) is 6.10 Å². The van der Waals surface area contributed by atoms with Crippen LogP contribution >= 0.6 is 0 Å². The lowest BCUT2D eigenvalue weighted by molar-refractivity contribution is -0.200. The molecule has 2 amide bonds. The second-order valence-corrected chi connectivity index (χ2v) is 8.93. The molecule has 0 saturated carbocycles. The van der Waals surface area contributed by atoms with Crippen molar-refractivity contribution in [2.24, 2.45) is 0 Å². The van der Waals surface area contributed by atoms with Gasteiger partial charge in [0.25, 0.3) is 11.8 Å². The molecule has 0 bridgehead atoms. The van der Waals surface area contributed by atoms with Crippen LogP contribution in [0.3, 0.4) is 0 Å². The van der Waals surface area contributed by atoms with Crippen molar-refractivity contribution in [2.75, 3.05) is 0 Å². The molecular weight excluding hydrogens is 430 g/mol. The van der Waals surface area contributed by atoms with Gasteiger partial charge in [-0.3, -0.25) is 9.59 Å². The molecule has 12 heteroatoms. The first-order valence-corrected chi connectivity index (χ1v) is 9.88. The van der Waals surface area contributed by atoms with E-state index in [1.54, 1.807) is 41.5 Å². The number of carbonyl (C=O) groups is 6. The van der Waals surface area contributed by atoms with E-state index in [0.717, 1.165) is 0 Å². The highest BCUT2D eigenvalue weighted by molar-refractivity contribution is 6.01. The zero-order valence-electron chi connectivity index (χ0n) is 19.2. The third-order valence-electron chi connectivity index (χ3n) is 3.47. The van der Waals surface area contributed by atoms with Gasteiger partial charge >= 0.3 is 24.1 Å². The number of imide groups is 1. The monoisotopic (exact) mass is 459 g/mol. The molecular formula is C20H29NO11. The number of amides is 2. The largest absolute Gasteiger partial charge is 0.509 e. The van der Waals surface area contributed by atoms with Gasteiger partial charge in [-0.1, -0.05) is 0 Å². The average Bonchev–Trinajstić information content (AvgIpc) is 2.89. The molecule has 1 heterocycles. The summed E-state index contributed by atoms with van der Waals surface area (Å²) in [4.78, 5) is 76.6. The molecule has 0 radical (unpaired) electrons. The number of rotatable bonds is 7. The lowest BCUT2D eigenvalue weighted by Crippen LogP contribution is -2.40. The summed E-state index contributed by atoms with van der Waals surface area (Å²) < 4.78 is 19.9. The molecule has 0 aromatic heterocycles. The van der Waals surface area contributed by atoms with Crippen molar-refractivity contribution in [3.05, 3.63) is 0 Å². The Hall–Kier alpha value is -3.18. The Morgan fingerprint density at radius 2 is 1.34 bits per heavy atom. The van der Waals surface area contributed by atoms with Crippen LogP contribution < -0.4 is 0 Å². The zero-order chi connectivity index (χ0) is 24.9. The first-order chi connectivity index (χ1) is 14.5. The first kappa shape index (κ1) is 26.9. The van der Waals surface area contributed by atoms with Crippen LogP contribution in [0.5, 0.6) is 0 Å². The molecule has 0 aliphatic carbocycles. The molecule has 1 fully saturated rings. The topological polar surface area (TPSA) is 152 Å². The SMILES string of the molecule is C[C@H](OC(=O)[C@H](CC(=O)ON1C(=O)CCC1=O)OC(=O)OC(C)(C)C)C(=O)OC(C)(C)C. The Labute approximate surface area is 185 Å². The maximum atomic E-state index is 12.5. The van der Waals surface area contributed by atoms with Gasteiger partial charge in [-0.2, -0.15) is 0 Å².